The molecule has 2 aliphatic rings. The first-order chi connectivity index (χ1) is 14.8. The minimum absolute atomic E-state index is 0.110. The maximum atomic E-state index is 13.1. The molecule has 1 aliphatic carbocycles. The minimum atomic E-state index is -0.279. The van der Waals surface area contributed by atoms with E-state index >= 15 is 0 Å². The number of aryl methyl sites for hydroxylation is 1. The predicted molar refractivity (Wildman–Crippen MR) is 125 cm³/mol. The van der Waals surface area contributed by atoms with Gasteiger partial charge in [-0.1, -0.05) is 6.07 Å². The van der Waals surface area contributed by atoms with Gasteiger partial charge in [-0.25, -0.2) is 0 Å². The molecule has 7 heteroatoms. The van der Waals surface area contributed by atoms with Crippen molar-refractivity contribution in [2.45, 2.75) is 51.7 Å². The Morgan fingerprint density at radius 3 is 2.42 bits per heavy atom. The van der Waals surface area contributed by atoms with Crippen molar-refractivity contribution in [3.8, 4) is 0 Å². The normalized spacial score (nSPS) is 20.9. The maximum absolute atomic E-state index is 13.1. The van der Waals surface area contributed by atoms with E-state index in [2.05, 4.69) is 34.7 Å². The van der Waals surface area contributed by atoms with Crippen LogP contribution in [0.25, 0.3) is 0 Å². The topological polar surface area (TPSA) is 99.5 Å². The van der Waals surface area contributed by atoms with E-state index in [1.807, 2.05) is 25.1 Å². The second kappa shape index (κ2) is 8.59. The molecular formula is C24H31N5O2. The van der Waals surface area contributed by atoms with E-state index in [4.69, 9.17) is 5.73 Å². The van der Waals surface area contributed by atoms with Gasteiger partial charge in [0, 0.05) is 53.8 Å². The fourth-order valence-corrected chi connectivity index (χ4v) is 4.06. The van der Waals surface area contributed by atoms with Crippen LogP contribution >= 0.6 is 0 Å². The molecule has 1 saturated heterocycles. The summed E-state index contributed by atoms with van der Waals surface area (Å²) in [5.74, 6) is -0.389. The molecule has 2 aromatic carbocycles. The van der Waals surface area contributed by atoms with Crippen LogP contribution in [0.1, 0.15) is 53.0 Å². The van der Waals surface area contributed by atoms with E-state index in [1.165, 1.54) is 0 Å². The highest BCUT2D eigenvalue weighted by molar-refractivity contribution is 6.09. The molecule has 1 aliphatic heterocycles. The Morgan fingerprint density at radius 1 is 1.03 bits per heavy atom. The van der Waals surface area contributed by atoms with Gasteiger partial charge in [-0.15, -0.1) is 0 Å². The first kappa shape index (κ1) is 21.2. The summed E-state index contributed by atoms with van der Waals surface area (Å²) in [7, 11) is 0. The summed E-state index contributed by atoms with van der Waals surface area (Å²) in [6.45, 7) is 7.95. The van der Waals surface area contributed by atoms with Gasteiger partial charge in [-0.2, -0.15) is 0 Å². The van der Waals surface area contributed by atoms with Crippen LogP contribution in [-0.4, -0.2) is 43.0 Å². The second-order valence-corrected chi connectivity index (χ2v) is 8.88. The number of carbonyl (C=O) groups excluding carboxylic acids is 2. The van der Waals surface area contributed by atoms with Crippen LogP contribution in [0, 0.1) is 6.92 Å². The number of benzene rings is 2. The van der Waals surface area contributed by atoms with Gasteiger partial charge in [0.25, 0.3) is 11.8 Å². The average molecular weight is 422 g/mol. The lowest BCUT2D eigenvalue weighted by Crippen LogP contribution is -2.54. The lowest BCUT2D eigenvalue weighted by atomic mass is 10.1. The maximum Gasteiger partial charge on any atom is 0.257 e. The summed E-state index contributed by atoms with van der Waals surface area (Å²) in [5, 5.41) is 9.45. The number of anilines is 3. The lowest BCUT2D eigenvalue weighted by Gasteiger charge is -2.37. The molecule has 0 spiro atoms. The fourth-order valence-electron chi connectivity index (χ4n) is 4.06. The van der Waals surface area contributed by atoms with Gasteiger partial charge >= 0.3 is 0 Å². The highest BCUT2D eigenvalue weighted by Gasteiger charge is 2.25. The van der Waals surface area contributed by atoms with Crippen molar-refractivity contribution in [1.29, 1.82) is 0 Å². The van der Waals surface area contributed by atoms with Gasteiger partial charge in [-0.05, 0) is 69.5 Å². The lowest BCUT2D eigenvalue weighted by molar-refractivity contribution is 0.0949. The van der Waals surface area contributed by atoms with Crippen molar-refractivity contribution in [1.82, 2.24) is 10.6 Å². The van der Waals surface area contributed by atoms with Crippen molar-refractivity contribution in [2.75, 3.05) is 29.0 Å². The summed E-state index contributed by atoms with van der Waals surface area (Å²) in [6.07, 6.45) is 2.06. The molecule has 4 rings (SSSR count). The summed E-state index contributed by atoms with van der Waals surface area (Å²) < 4.78 is 0. The number of carbonyl (C=O) groups is 2. The number of amides is 2. The van der Waals surface area contributed by atoms with Gasteiger partial charge < -0.3 is 26.6 Å². The van der Waals surface area contributed by atoms with Crippen molar-refractivity contribution in [3.05, 3.63) is 53.1 Å². The van der Waals surface area contributed by atoms with Gasteiger partial charge in [-0.3, -0.25) is 9.59 Å². The molecule has 2 unspecified atom stereocenters. The number of hydrogen-bond donors (Lipinski definition) is 4. The Bertz CT molecular complexity index is 991. The zero-order chi connectivity index (χ0) is 22.1. The largest absolute Gasteiger partial charge is 0.398 e. The molecule has 0 radical (unpaired) electrons. The minimum Gasteiger partial charge on any atom is -0.398 e. The van der Waals surface area contributed by atoms with E-state index in [0.717, 1.165) is 37.2 Å². The molecule has 5 N–H and O–H groups in total. The van der Waals surface area contributed by atoms with Crippen LogP contribution in [0.5, 0.6) is 0 Å². The van der Waals surface area contributed by atoms with E-state index in [0.29, 0.717) is 34.6 Å². The van der Waals surface area contributed by atoms with Crippen LogP contribution in [-0.2, 0) is 0 Å². The molecule has 2 amide bonds. The van der Waals surface area contributed by atoms with Crippen LogP contribution in [0.15, 0.2) is 36.4 Å². The molecule has 0 bridgehead atoms. The number of nitrogens with zero attached hydrogens (tertiary/aromatic N) is 1. The molecule has 2 fully saturated rings. The van der Waals surface area contributed by atoms with Crippen molar-refractivity contribution in [2.24, 2.45) is 0 Å². The number of nitrogen functional groups attached to an aromatic ring is 1. The SMILES string of the molecule is Cc1ccc(C(=O)NC2CC2)cc1NC(=O)c1cc(N2CC(C)NC(C)C2)ccc1N. The summed E-state index contributed by atoms with van der Waals surface area (Å²) in [6, 6.07) is 12.0. The zero-order valence-corrected chi connectivity index (χ0v) is 18.4. The van der Waals surface area contributed by atoms with Gasteiger partial charge in [0.2, 0.25) is 0 Å². The molecule has 2 atom stereocenters. The third kappa shape index (κ3) is 4.99. The summed E-state index contributed by atoms with van der Waals surface area (Å²) in [4.78, 5) is 27.8. The number of piperazine rings is 1. The Hall–Kier alpha value is -3.06. The molecule has 0 aromatic heterocycles. The molecule has 164 valence electrons. The van der Waals surface area contributed by atoms with Crippen LogP contribution in [0.3, 0.4) is 0 Å². The Balaban J connectivity index is 1.53. The Kier molecular flexibility index (Phi) is 5.87. The molecule has 1 heterocycles. The predicted octanol–water partition coefficient (Wildman–Crippen LogP) is 2.91. The van der Waals surface area contributed by atoms with Crippen LogP contribution in [0.4, 0.5) is 17.1 Å². The Morgan fingerprint density at radius 2 is 1.74 bits per heavy atom. The van der Waals surface area contributed by atoms with E-state index in [9.17, 15) is 9.59 Å². The van der Waals surface area contributed by atoms with Crippen molar-refractivity contribution >= 4 is 28.9 Å². The fraction of sp³-hybridized carbons (Fsp3) is 0.417. The quantitative estimate of drug-likeness (QED) is 0.557. The molecule has 31 heavy (non-hydrogen) atoms. The van der Waals surface area contributed by atoms with Crippen molar-refractivity contribution in [3.63, 3.8) is 0 Å². The third-order valence-electron chi connectivity index (χ3n) is 5.86. The highest BCUT2D eigenvalue weighted by atomic mass is 16.2. The Labute approximate surface area is 183 Å². The highest BCUT2D eigenvalue weighted by Crippen LogP contribution is 2.26. The smallest absolute Gasteiger partial charge is 0.257 e. The molecular weight excluding hydrogens is 390 g/mol. The van der Waals surface area contributed by atoms with E-state index in [-0.39, 0.29) is 17.9 Å². The van der Waals surface area contributed by atoms with E-state index in [1.54, 1.807) is 18.2 Å². The number of hydrogen-bond acceptors (Lipinski definition) is 5. The molecule has 1 saturated carbocycles. The third-order valence-corrected chi connectivity index (χ3v) is 5.86. The van der Waals surface area contributed by atoms with Gasteiger partial charge in [0.1, 0.15) is 0 Å². The molecule has 7 nitrogen and oxygen atoms in total. The molecule has 2 aromatic rings. The van der Waals surface area contributed by atoms with Crippen molar-refractivity contribution < 1.29 is 9.59 Å². The summed E-state index contributed by atoms with van der Waals surface area (Å²) in [5.41, 5.74) is 10.0. The summed E-state index contributed by atoms with van der Waals surface area (Å²) >= 11 is 0. The number of nitrogens with one attached hydrogen (secondary N) is 3. The van der Waals surface area contributed by atoms with Crippen LogP contribution in [0.2, 0.25) is 0 Å². The number of rotatable bonds is 5. The monoisotopic (exact) mass is 421 g/mol. The first-order valence-corrected chi connectivity index (χ1v) is 10.9. The first-order valence-electron chi connectivity index (χ1n) is 10.9. The van der Waals surface area contributed by atoms with Crippen LogP contribution < -0.4 is 26.6 Å². The average Bonchev–Trinajstić information content (AvgIpc) is 3.53. The van der Waals surface area contributed by atoms with Gasteiger partial charge in [0.15, 0.2) is 0 Å². The standard InChI is InChI=1S/C24H31N5O2/c1-14-4-5-17(23(30)27-18-6-7-18)10-22(14)28-24(31)20-11-19(8-9-21(20)25)29-12-15(2)26-16(3)13-29/h4-5,8-11,15-16,18,26H,6-7,12-13,25H2,1-3H3,(H,27,30)(H,28,31). The zero-order valence-electron chi connectivity index (χ0n) is 18.4. The number of nitrogens with two attached hydrogens (primary N) is 1. The van der Waals surface area contributed by atoms with E-state index < -0.39 is 0 Å². The van der Waals surface area contributed by atoms with Gasteiger partial charge in [0.05, 0.1) is 5.56 Å². The second-order valence-electron chi connectivity index (χ2n) is 8.88.